The molecule has 1 aromatic rings. The zero-order valence-electron chi connectivity index (χ0n) is 7.68. The molecule has 1 heterocycles. The fourth-order valence-corrected chi connectivity index (χ4v) is 1.08. The second-order valence-electron chi connectivity index (χ2n) is 2.91. The molecule has 3 N–H and O–H groups in total. The van der Waals surface area contributed by atoms with Gasteiger partial charge in [-0.25, -0.2) is 4.79 Å². The maximum absolute atomic E-state index is 10.6. The van der Waals surface area contributed by atoms with Crippen LogP contribution in [0, 0.1) is 0 Å². The van der Waals surface area contributed by atoms with Gasteiger partial charge in [0.1, 0.15) is 0 Å². The zero-order valence-corrected chi connectivity index (χ0v) is 7.68. The summed E-state index contributed by atoms with van der Waals surface area (Å²) in [6.07, 6.45) is 3.71. The summed E-state index contributed by atoms with van der Waals surface area (Å²) in [4.78, 5) is 14.6. The number of hydrogen-bond acceptors (Lipinski definition) is 3. The van der Waals surface area contributed by atoms with Crippen LogP contribution in [0.5, 0.6) is 0 Å². The Hall–Kier alpha value is -1.68. The van der Waals surface area contributed by atoms with E-state index in [0.717, 1.165) is 0 Å². The van der Waals surface area contributed by atoms with Gasteiger partial charge in [-0.15, -0.1) is 6.58 Å². The summed E-state index contributed by atoms with van der Waals surface area (Å²) >= 11 is 0. The van der Waals surface area contributed by atoms with E-state index in [-0.39, 0.29) is 11.6 Å². The summed E-state index contributed by atoms with van der Waals surface area (Å²) in [6.45, 7) is 3.56. The van der Waals surface area contributed by atoms with Crippen molar-refractivity contribution in [1.29, 1.82) is 0 Å². The van der Waals surface area contributed by atoms with Gasteiger partial charge < -0.3 is 10.8 Å². The third kappa shape index (κ3) is 2.40. The summed E-state index contributed by atoms with van der Waals surface area (Å²) in [5, 5.41) is 8.73. The molecule has 1 aromatic heterocycles. The topological polar surface area (TPSA) is 76.2 Å². The highest BCUT2D eigenvalue weighted by atomic mass is 16.4. The molecule has 1 atom stereocenters. The van der Waals surface area contributed by atoms with Crippen molar-refractivity contribution in [1.82, 2.24) is 4.98 Å². The van der Waals surface area contributed by atoms with Crippen molar-refractivity contribution in [2.24, 2.45) is 5.73 Å². The van der Waals surface area contributed by atoms with Crippen molar-refractivity contribution < 1.29 is 9.90 Å². The number of carboxylic acid groups (broad SMARTS) is 1. The van der Waals surface area contributed by atoms with E-state index in [1.165, 1.54) is 18.3 Å². The highest BCUT2D eigenvalue weighted by Gasteiger charge is 2.09. The number of nitrogens with zero attached hydrogens (tertiary/aromatic N) is 1. The molecule has 0 fully saturated rings. The summed E-state index contributed by atoms with van der Waals surface area (Å²) in [5.74, 6) is -0.973. The quantitative estimate of drug-likeness (QED) is 0.706. The minimum atomic E-state index is -0.973. The van der Waals surface area contributed by atoms with Gasteiger partial charge in [-0.2, -0.15) is 0 Å². The van der Waals surface area contributed by atoms with Gasteiger partial charge in [-0.3, -0.25) is 4.98 Å². The molecular weight excluding hydrogens is 180 g/mol. The number of aromatic carboxylic acids is 1. The highest BCUT2D eigenvalue weighted by molar-refractivity contribution is 5.87. The Morgan fingerprint density at radius 1 is 1.79 bits per heavy atom. The molecule has 0 radical (unpaired) electrons. The number of pyridine rings is 1. The van der Waals surface area contributed by atoms with Crippen LogP contribution in [0.15, 0.2) is 31.0 Å². The van der Waals surface area contributed by atoms with Crippen LogP contribution in [0.3, 0.4) is 0 Å². The molecule has 0 aliphatic carbocycles. The average Bonchev–Trinajstić information content (AvgIpc) is 2.18. The third-order valence-corrected chi connectivity index (χ3v) is 1.83. The van der Waals surface area contributed by atoms with Crippen LogP contribution in [0.25, 0.3) is 0 Å². The van der Waals surface area contributed by atoms with E-state index < -0.39 is 5.97 Å². The first-order valence-corrected chi connectivity index (χ1v) is 4.21. The smallest absolute Gasteiger partial charge is 0.335 e. The molecule has 1 rings (SSSR count). The van der Waals surface area contributed by atoms with Crippen LogP contribution in [0.1, 0.15) is 28.5 Å². The van der Waals surface area contributed by atoms with Crippen molar-refractivity contribution in [3.63, 3.8) is 0 Å². The van der Waals surface area contributed by atoms with Crippen molar-refractivity contribution in [2.45, 2.75) is 12.5 Å². The third-order valence-electron chi connectivity index (χ3n) is 1.83. The molecule has 0 spiro atoms. The number of carbonyl (C=O) groups is 1. The molecule has 0 saturated heterocycles. The van der Waals surface area contributed by atoms with Gasteiger partial charge >= 0.3 is 5.97 Å². The molecular formula is C10H12N2O2. The Bertz CT molecular complexity index is 350. The van der Waals surface area contributed by atoms with Crippen LogP contribution in [-0.4, -0.2) is 16.1 Å². The Balaban J connectivity index is 2.93. The van der Waals surface area contributed by atoms with Gasteiger partial charge in [-0.05, 0) is 18.6 Å². The van der Waals surface area contributed by atoms with Crippen molar-refractivity contribution in [2.75, 3.05) is 0 Å². The summed E-state index contributed by atoms with van der Waals surface area (Å²) < 4.78 is 0. The van der Waals surface area contributed by atoms with E-state index >= 15 is 0 Å². The number of rotatable bonds is 4. The van der Waals surface area contributed by atoms with E-state index in [4.69, 9.17) is 10.8 Å². The lowest BCUT2D eigenvalue weighted by Gasteiger charge is -2.08. The van der Waals surface area contributed by atoms with Gasteiger partial charge in [0.25, 0.3) is 0 Å². The predicted molar refractivity (Wildman–Crippen MR) is 52.9 cm³/mol. The average molecular weight is 192 g/mol. The SMILES string of the molecule is C=CC[C@H](N)c1cc(C(=O)O)ccn1. The van der Waals surface area contributed by atoms with E-state index in [0.29, 0.717) is 12.1 Å². The lowest BCUT2D eigenvalue weighted by atomic mass is 10.1. The second-order valence-corrected chi connectivity index (χ2v) is 2.91. The largest absolute Gasteiger partial charge is 0.478 e. The lowest BCUT2D eigenvalue weighted by Crippen LogP contribution is -2.12. The molecule has 0 bridgehead atoms. The minimum Gasteiger partial charge on any atom is -0.478 e. The maximum atomic E-state index is 10.6. The van der Waals surface area contributed by atoms with Crippen molar-refractivity contribution in [3.05, 3.63) is 42.2 Å². The van der Waals surface area contributed by atoms with Crippen LogP contribution in [0.4, 0.5) is 0 Å². The van der Waals surface area contributed by atoms with Crippen LogP contribution in [0.2, 0.25) is 0 Å². The summed E-state index contributed by atoms with van der Waals surface area (Å²) in [5.41, 5.74) is 6.53. The lowest BCUT2D eigenvalue weighted by molar-refractivity contribution is 0.0696. The molecule has 0 unspecified atom stereocenters. The highest BCUT2D eigenvalue weighted by Crippen LogP contribution is 2.12. The molecule has 14 heavy (non-hydrogen) atoms. The first-order chi connectivity index (χ1) is 6.65. The molecule has 0 aromatic carbocycles. The standard InChI is InChI=1S/C10H12N2O2/c1-2-3-8(11)9-6-7(10(13)14)4-5-12-9/h2,4-6,8H,1,3,11H2,(H,13,14)/t8-/m0/s1. The maximum Gasteiger partial charge on any atom is 0.335 e. The molecule has 0 aliphatic rings. The normalized spacial score (nSPS) is 12.1. The fraction of sp³-hybridized carbons (Fsp3) is 0.200. The Labute approximate surface area is 82.1 Å². The van der Waals surface area contributed by atoms with Crippen molar-refractivity contribution >= 4 is 5.97 Å². The Kier molecular flexibility index (Phi) is 3.36. The molecule has 0 amide bonds. The van der Waals surface area contributed by atoms with E-state index in [1.54, 1.807) is 6.08 Å². The number of carboxylic acids is 1. The van der Waals surface area contributed by atoms with Gasteiger partial charge in [0.2, 0.25) is 0 Å². The number of nitrogens with two attached hydrogens (primary N) is 1. The Morgan fingerprint density at radius 3 is 3.07 bits per heavy atom. The van der Waals surface area contributed by atoms with Crippen LogP contribution >= 0.6 is 0 Å². The fourth-order valence-electron chi connectivity index (χ4n) is 1.08. The zero-order chi connectivity index (χ0) is 10.6. The van der Waals surface area contributed by atoms with E-state index in [1.807, 2.05) is 0 Å². The number of hydrogen-bond donors (Lipinski definition) is 2. The van der Waals surface area contributed by atoms with E-state index in [2.05, 4.69) is 11.6 Å². The Morgan fingerprint density at radius 2 is 2.50 bits per heavy atom. The van der Waals surface area contributed by atoms with Gasteiger partial charge in [0.15, 0.2) is 0 Å². The molecule has 4 heteroatoms. The number of aromatic nitrogens is 1. The molecule has 74 valence electrons. The minimum absolute atomic E-state index is 0.203. The van der Waals surface area contributed by atoms with Gasteiger partial charge in [-0.1, -0.05) is 6.08 Å². The predicted octanol–water partition coefficient (Wildman–Crippen LogP) is 1.36. The summed E-state index contributed by atoms with van der Waals surface area (Å²) in [6, 6.07) is 2.63. The molecule has 0 saturated carbocycles. The van der Waals surface area contributed by atoms with Crippen LogP contribution < -0.4 is 5.73 Å². The first-order valence-electron chi connectivity index (χ1n) is 4.21. The monoisotopic (exact) mass is 192 g/mol. The van der Waals surface area contributed by atoms with Gasteiger partial charge in [0, 0.05) is 6.20 Å². The second kappa shape index (κ2) is 4.53. The first kappa shape index (κ1) is 10.4. The summed E-state index contributed by atoms with van der Waals surface area (Å²) in [7, 11) is 0. The van der Waals surface area contributed by atoms with Gasteiger partial charge in [0.05, 0.1) is 17.3 Å². The molecule has 0 aliphatic heterocycles. The molecule has 4 nitrogen and oxygen atoms in total. The van der Waals surface area contributed by atoms with E-state index in [9.17, 15) is 4.79 Å². The van der Waals surface area contributed by atoms with Crippen LogP contribution in [-0.2, 0) is 0 Å². The van der Waals surface area contributed by atoms with Crippen molar-refractivity contribution in [3.8, 4) is 0 Å².